The zero-order valence-electron chi connectivity index (χ0n) is 18.8. The number of furan rings is 1. The molecule has 1 unspecified atom stereocenters. The molecule has 2 aromatic heterocycles. The second kappa shape index (κ2) is 8.98. The summed E-state index contributed by atoms with van der Waals surface area (Å²) >= 11 is 0. The predicted octanol–water partition coefficient (Wildman–Crippen LogP) is 4.71. The van der Waals surface area contributed by atoms with Crippen LogP contribution in [0.15, 0.2) is 88.8 Å². The van der Waals surface area contributed by atoms with Crippen LogP contribution in [-0.4, -0.2) is 38.4 Å². The van der Waals surface area contributed by atoms with E-state index in [-0.39, 0.29) is 29.4 Å². The van der Waals surface area contributed by atoms with Gasteiger partial charge in [0.05, 0.1) is 18.2 Å². The van der Waals surface area contributed by atoms with Gasteiger partial charge in [0.1, 0.15) is 5.58 Å². The molecule has 3 heterocycles. The van der Waals surface area contributed by atoms with E-state index in [2.05, 4.69) is 4.98 Å². The van der Waals surface area contributed by atoms with Crippen molar-refractivity contribution in [1.29, 1.82) is 0 Å². The summed E-state index contributed by atoms with van der Waals surface area (Å²) in [4.78, 5) is 32.4. The maximum Gasteiger partial charge on any atom is 0.290 e. The van der Waals surface area contributed by atoms with Crippen LogP contribution in [0.25, 0.3) is 11.0 Å². The number of para-hydroxylation sites is 1. The lowest BCUT2D eigenvalue weighted by molar-refractivity contribution is -0.130. The SMILES string of the molecule is CCOc1cc(C2C(C(=O)c3cc4ccccc4o3)=C(O)C(=O)N2Cc2cccnc2)ccc1O. The van der Waals surface area contributed by atoms with Gasteiger partial charge < -0.3 is 24.3 Å². The van der Waals surface area contributed by atoms with E-state index in [0.29, 0.717) is 17.8 Å². The van der Waals surface area contributed by atoms with Crippen molar-refractivity contribution in [1.82, 2.24) is 9.88 Å². The van der Waals surface area contributed by atoms with Gasteiger partial charge in [-0.1, -0.05) is 30.3 Å². The zero-order chi connectivity index (χ0) is 24.5. The summed E-state index contributed by atoms with van der Waals surface area (Å²) in [5.74, 6) is -1.79. The first-order valence-electron chi connectivity index (χ1n) is 11.1. The van der Waals surface area contributed by atoms with Crippen LogP contribution < -0.4 is 4.74 Å². The second-order valence-corrected chi connectivity index (χ2v) is 8.10. The number of phenolic OH excluding ortho intramolecular Hbond substituents is 1. The van der Waals surface area contributed by atoms with E-state index in [4.69, 9.17) is 9.15 Å². The first kappa shape index (κ1) is 22.2. The molecule has 0 saturated heterocycles. The van der Waals surface area contributed by atoms with E-state index >= 15 is 0 Å². The number of amides is 1. The Morgan fingerprint density at radius 1 is 1.11 bits per heavy atom. The molecule has 1 aliphatic heterocycles. The molecule has 0 aliphatic carbocycles. The Bertz CT molecular complexity index is 1420. The van der Waals surface area contributed by atoms with Gasteiger partial charge >= 0.3 is 0 Å². The molecule has 0 radical (unpaired) electrons. The third-order valence-corrected chi connectivity index (χ3v) is 5.87. The van der Waals surface area contributed by atoms with Crippen molar-refractivity contribution < 1.29 is 29.0 Å². The molecule has 5 rings (SSSR count). The van der Waals surface area contributed by atoms with Gasteiger partial charge in [0.25, 0.3) is 5.91 Å². The molecule has 176 valence electrons. The molecule has 1 atom stereocenters. The zero-order valence-corrected chi connectivity index (χ0v) is 18.8. The number of carbonyl (C=O) groups is 2. The number of phenols is 1. The molecule has 0 fully saturated rings. The maximum atomic E-state index is 13.6. The monoisotopic (exact) mass is 470 g/mol. The summed E-state index contributed by atoms with van der Waals surface area (Å²) in [6.07, 6.45) is 3.23. The number of carbonyl (C=O) groups excluding carboxylic acids is 2. The molecule has 1 amide bonds. The Morgan fingerprint density at radius 3 is 2.69 bits per heavy atom. The normalized spacial score (nSPS) is 15.7. The Labute approximate surface area is 200 Å². The molecule has 4 aromatic rings. The highest BCUT2D eigenvalue weighted by atomic mass is 16.5. The van der Waals surface area contributed by atoms with Crippen LogP contribution in [0.3, 0.4) is 0 Å². The highest BCUT2D eigenvalue weighted by Gasteiger charge is 2.44. The summed E-state index contributed by atoms with van der Waals surface area (Å²) in [7, 11) is 0. The number of aliphatic hydroxyl groups excluding tert-OH is 1. The lowest BCUT2D eigenvalue weighted by atomic mass is 9.94. The topological polar surface area (TPSA) is 113 Å². The van der Waals surface area contributed by atoms with E-state index in [9.17, 15) is 19.8 Å². The Kier molecular flexibility index (Phi) is 5.70. The quantitative estimate of drug-likeness (QED) is 0.376. The van der Waals surface area contributed by atoms with E-state index in [1.807, 2.05) is 12.1 Å². The third-order valence-electron chi connectivity index (χ3n) is 5.87. The number of ketones is 1. The fourth-order valence-electron chi connectivity index (χ4n) is 4.28. The second-order valence-electron chi connectivity index (χ2n) is 8.10. The van der Waals surface area contributed by atoms with Crippen molar-refractivity contribution in [3.63, 3.8) is 0 Å². The summed E-state index contributed by atoms with van der Waals surface area (Å²) < 4.78 is 11.3. The standard InChI is InChI=1S/C27H22N2O6/c1-2-34-21-13-18(9-10-19(21)30)24-23(25(31)22-12-17-7-3-4-8-20(17)35-22)26(32)27(33)29(24)15-16-6-5-11-28-14-16/h3-14,24,30,32H,2,15H2,1H3. The van der Waals surface area contributed by atoms with Crippen LogP contribution in [0.1, 0.15) is 34.6 Å². The van der Waals surface area contributed by atoms with Crippen LogP contribution in [-0.2, 0) is 11.3 Å². The van der Waals surface area contributed by atoms with Crippen LogP contribution in [0.5, 0.6) is 11.5 Å². The third kappa shape index (κ3) is 3.99. The van der Waals surface area contributed by atoms with Crippen LogP contribution in [0.4, 0.5) is 0 Å². The molecule has 0 saturated carbocycles. The number of hydrogen-bond acceptors (Lipinski definition) is 7. The Morgan fingerprint density at radius 2 is 1.94 bits per heavy atom. The lowest BCUT2D eigenvalue weighted by Gasteiger charge is -2.27. The number of ether oxygens (including phenoxy) is 1. The number of fused-ring (bicyclic) bond motifs is 1. The van der Waals surface area contributed by atoms with E-state index < -0.39 is 23.5 Å². The number of rotatable bonds is 7. The van der Waals surface area contributed by atoms with Crippen LogP contribution in [0, 0.1) is 0 Å². The van der Waals surface area contributed by atoms with Crippen molar-refractivity contribution in [2.45, 2.75) is 19.5 Å². The van der Waals surface area contributed by atoms with Crippen molar-refractivity contribution >= 4 is 22.7 Å². The summed E-state index contributed by atoms with van der Waals surface area (Å²) in [6, 6.07) is 16.0. The van der Waals surface area contributed by atoms with Gasteiger partial charge in [-0.3, -0.25) is 14.6 Å². The van der Waals surface area contributed by atoms with E-state index in [1.165, 1.54) is 11.0 Å². The molecule has 2 N–H and O–H groups in total. The molecular formula is C27H22N2O6. The van der Waals surface area contributed by atoms with Gasteiger partial charge in [0.15, 0.2) is 23.0 Å². The van der Waals surface area contributed by atoms with Gasteiger partial charge in [0.2, 0.25) is 5.78 Å². The molecule has 1 aliphatic rings. The van der Waals surface area contributed by atoms with Crippen molar-refractivity contribution in [2.24, 2.45) is 0 Å². The van der Waals surface area contributed by atoms with Gasteiger partial charge in [0, 0.05) is 24.3 Å². The largest absolute Gasteiger partial charge is 0.504 e. The minimum absolute atomic E-state index is 0.0117. The average Bonchev–Trinajstić information content (AvgIpc) is 3.41. The van der Waals surface area contributed by atoms with Gasteiger partial charge in [-0.25, -0.2) is 0 Å². The molecule has 35 heavy (non-hydrogen) atoms. The smallest absolute Gasteiger partial charge is 0.290 e. The van der Waals surface area contributed by atoms with Gasteiger partial charge in [-0.05, 0) is 48.4 Å². The molecular weight excluding hydrogens is 448 g/mol. The minimum atomic E-state index is -0.941. The number of pyridine rings is 1. The van der Waals surface area contributed by atoms with E-state index in [1.54, 1.807) is 61.8 Å². The van der Waals surface area contributed by atoms with Crippen molar-refractivity contribution in [3.8, 4) is 11.5 Å². The number of hydrogen-bond donors (Lipinski definition) is 2. The first-order chi connectivity index (χ1) is 17.0. The summed E-state index contributed by atoms with van der Waals surface area (Å²) in [6.45, 7) is 2.19. The number of aliphatic hydroxyl groups is 1. The summed E-state index contributed by atoms with van der Waals surface area (Å²) in [5, 5.41) is 21.8. The highest BCUT2D eigenvalue weighted by molar-refractivity contribution is 6.16. The number of Topliss-reactive ketones (excluding diaryl/α,β-unsaturated/α-hetero) is 1. The van der Waals surface area contributed by atoms with Gasteiger partial charge in [-0.15, -0.1) is 0 Å². The maximum absolute atomic E-state index is 13.6. The van der Waals surface area contributed by atoms with Crippen molar-refractivity contribution in [3.05, 3.63) is 101 Å². The molecule has 0 spiro atoms. The van der Waals surface area contributed by atoms with Crippen LogP contribution >= 0.6 is 0 Å². The Balaban J connectivity index is 1.62. The highest BCUT2D eigenvalue weighted by Crippen LogP contribution is 2.42. The molecule has 8 nitrogen and oxygen atoms in total. The fourth-order valence-corrected chi connectivity index (χ4v) is 4.28. The van der Waals surface area contributed by atoms with Gasteiger partial charge in [-0.2, -0.15) is 0 Å². The number of nitrogens with zero attached hydrogens (tertiary/aromatic N) is 2. The molecule has 0 bridgehead atoms. The molecule has 2 aromatic carbocycles. The minimum Gasteiger partial charge on any atom is -0.504 e. The first-order valence-corrected chi connectivity index (χ1v) is 11.1. The van der Waals surface area contributed by atoms with Crippen molar-refractivity contribution in [2.75, 3.05) is 6.61 Å². The number of aromatic nitrogens is 1. The fraction of sp³-hybridized carbons (Fsp3) is 0.148. The summed E-state index contributed by atoms with van der Waals surface area (Å²) in [5.41, 5.74) is 1.63. The Hall–Kier alpha value is -4.59. The van der Waals surface area contributed by atoms with E-state index in [0.717, 1.165) is 10.9 Å². The number of benzene rings is 2. The molecule has 8 heteroatoms. The number of aromatic hydroxyl groups is 1. The average molecular weight is 470 g/mol. The predicted molar refractivity (Wildman–Crippen MR) is 127 cm³/mol. The lowest BCUT2D eigenvalue weighted by Crippen LogP contribution is -2.30. The van der Waals surface area contributed by atoms with Crippen LogP contribution in [0.2, 0.25) is 0 Å².